The topological polar surface area (TPSA) is 137 Å². The van der Waals surface area contributed by atoms with Crippen molar-refractivity contribution >= 4 is 34.6 Å². The van der Waals surface area contributed by atoms with Crippen molar-refractivity contribution in [2.24, 2.45) is 5.92 Å². The van der Waals surface area contributed by atoms with Crippen molar-refractivity contribution in [3.63, 3.8) is 0 Å². The third-order valence-corrected chi connectivity index (χ3v) is 6.50. The molecule has 2 aliphatic rings. The molecule has 0 unspecified atom stereocenters. The number of nitrogens with zero attached hydrogens (tertiary/aromatic N) is 3. The fourth-order valence-electron chi connectivity index (χ4n) is 4.29. The monoisotopic (exact) mass is 483 g/mol. The zero-order chi connectivity index (χ0) is 25.1. The lowest BCUT2D eigenvalue weighted by Crippen LogP contribution is -2.24. The fraction of sp³-hybridized carbons (Fsp3) is 0.296. The Morgan fingerprint density at radius 2 is 1.78 bits per heavy atom. The highest BCUT2D eigenvalue weighted by Gasteiger charge is 2.29. The summed E-state index contributed by atoms with van der Waals surface area (Å²) in [5.74, 6) is -0.479. The molecule has 1 aliphatic heterocycles. The Balaban J connectivity index is 1.27. The smallest absolute Gasteiger partial charge is 0.274 e. The van der Waals surface area contributed by atoms with E-state index in [9.17, 15) is 9.59 Å². The standard InChI is InChI=1S/C27H29N7O2/c28-24-8-5-18(19-11-22(14-30-13-19)33-26(35)17-3-4-17)12-23(24)25(29)27(36)32-20-6-7-21(31-15-20)16-34-9-1-2-10-34/h5-8,11-15,17,29H,1-4,9-10,16,28H2,(H,32,36)(H,33,35). The lowest BCUT2D eigenvalue weighted by Gasteiger charge is -2.14. The third kappa shape index (κ3) is 5.58. The number of nitrogens with one attached hydrogen (secondary N) is 3. The van der Waals surface area contributed by atoms with Crippen molar-refractivity contribution in [1.29, 1.82) is 5.41 Å². The van der Waals surface area contributed by atoms with E-state index >= 15 is 0 Å². The maximum absolute atomic E-state index is 12.8. The zero-order valence-electron chi connectivity index (χ0n) is 20.0. The molecule has 9 heteroatoms. The Morgan fingerprint density at radius 3 is 2.50 bits per heavy atom. The molecule has 1 saturated heterocycles. The molecule has 9 nitrogen and oxygen atoms in total. The maximum atomic E-state index is 12.8. The molecule has 0 bridgehead atoms. The molecule has 1 aliphatic carbocycles. The SMILES string of the molecule is N=C(C(=O)Nc1ccc(CN2CCCC2)nc1)c1cc(-c2cncc(NC(=O)C3CC3)c2)ccc1N. The summed E-state index contributed by atoms with van der Waals surface area (Å²) >= 11 is 0. The minimum Gasteiger partial charge on any atom is -0.398 e. The number of carbonyl (C=O) groups excluding carboxylic acids is 2. The zero-order valence-corrected chi connectivity index (χ0v) is 20.0. The summed E-state index contributed by atoms with van der Waals surface area (Å²) in [6.07, 6.45) is 9.16. The van der Waals surface area contributed by atoms with Crippen molar-refractivity contribution in [2.75, 3.05) is 29.5 Å². The van der Waals surface area contributed by atoms with Crippen molar-refractivity contribution in [3.05, 3.63) is 66.2 Å². The maximum Gasteiger partial charge on any atom is 0.274 e. The Kier molecular flexibility index (Phi) is 6.73. The second-order valence-electron chi connectivity index (χ2n) is 9.38. The van der Waals surface area contributed by atoms with Crippen LogP contribution in [0.3, 0.4) is 0 Å². The number of likely N-dealkylation sites (tertiary alicyclic amines) is 1. The van der Waals surface area contributed by atoms with Gasteiger partial charge in [0.1, 0.15) is 5.71 Å². The summed E-state index contributed by atoms with van der Waals surface area (Å²) in [5, 5.41) is 14.1. The number of amides is 2. The molecular weight excluding hydrogens is 454 g/mol. The summed E-state index contributed by atoms with van der Waals surface area (Å²) in [5.41, 5.74) is 10.1. The largest absolute Gasteiger partial charge is 0.398 e. The number of hydrogen-bond donors (Lipinski definition) is 4. The van der Waals surface area contributed by atoms with Gasteiger partial charge in [-0.05, 0) is 74.7 Å². The van der Waals surface area contributed by atoms with Gasteiger partial charge in [0.05, 0.1) is 29.5 Å². The van der Waals surface area contributed by atoms with Crippen LogP contribution in [-0.2, 0) is 16.1 Å². The molecular formula is C27H29N7O2. The number of carbonyl (C=O) groups is 2. The van der Waals surface area contributed by atoms with Crippen LogP contribution in [0.15, 0.2) is 55.0 Å². The van der Waals surface area contributed by atoms with Crippen molar-refractivity contribution in [3.8, 4) is 11.1 Å². The first kappa shape index (κ1) is 23.6. The molecule has 2 aromatic heterocycles. The van der Waals surface area contributed by atoms with E-state index in [2.05, 4.69) is 25.5 Å². The molecule has 1 saturated carbocycles. The predicted octanol–water partition coefficient (Wildman–Crippen LogP) is 3.68. The minimum absolute atomic E-state index is 0.00367. The second-order valence-corrected chi connectivity index (χ2v) is 9.38. The van der Waals surface area contributed by atoms with Crippen LogP contribution in [0.1, 0.15) is 36.9 Å². The molecule has 184 valence electrons. The van der Waals surface area contributed by atoms with E-state index in [-0.39, 0.29) is 17.5 Å². The molecule has 3 heterocycles. The number of aromatic nitrogens is 2. The third-order valence-electron chi connectivity index (χ3n) is 6.50. The van der Waals surface area contributed by atoms with E-state index in [4.69, 9.17) is 11.1 Å². The van der Waals surface area contributed by atoms with Gasteiger partial charge in [0, 0.05) is 35.5 Å². The lowest BCUT2D eigenvalue weighted by molar-refractivity contribution is -0.117. The quantitative estimate of drug-likeness (QED) is 0.285. The number of pyridine rings is 2. The Morgan fingerprint density at radius 1 is 0.972 bits per heavy atom. The van der Waals surface area contributed by atoms with Gasteiger partial charge in [0.2, 0.25) is 5.91 Å². The van der Waals surface area contributed by atoms with Gasteiger partial charge in [-0.3, -0.25) is 29.9 Å². The van der Waals surface area contributed by atoms with Crippen molar-refractivity contribution in [2.45, 2.75) is 32.2 Å². The van der Waals surface area contributed by atoms with E-state index in [1.165, 1.54) is 12.8 Å². The van der Waals surface area contributed by atoms with Crippen LogP contribution >= 0.6 is 0 Å². The summed E-state index contributed by atoms with van der Waals surface area (Å²) in [6.45, 7) is 2.98. The minimum atomic E-state index is -0.573. The molecule has 0 spiro atoms. The van der Waals surface area contributed by atoms with Gasteiger partial charge in [0.25, 0.3) is 5.91 Å². The van der Waals surface area contributed by atoms with E-state index in [0.29, 0.717) is 22.6 Å². The molecule has 1 aromatic carbocycles. The molecule has 0 atom stereocenters. The second kappa shape index (κ2) is 10.2. The highest BCUT2D eigenvalue weighted by Crippen LogP contribution is 2.31. The van der Waals surface area contributed by atoms with Crippen LogP contribution in [0, 0.1) is 11.3 Å². The number of rotatable bonds is 8. The van der Waals surface area contributed by atoms with Crippen molar-refractivity contribution < 1.29 is 9.59 Å². The van der Waals surface area contributed by atoms with Crippen LogP contribution < -0.4 is 16.4 Å². The van der Waals surface area contributed by atoms with Crippen LogP contribution in [0.4, 0.5) is 17.1 Å². The van der Waals surface area contributed by atoms with Gasteiger partial charge in [-0.1, -0.05) is 6.07 Å². The normalized spacial score (nSPS) is 15.4. The highest BCUT2D eigenvalue weighted by molar-refractivity contribution is 6.48. The lowest BCUT2D eigenvalue weighted by atomic mass is 10.00. The molecule has 2 amide bonds. The summed E-state index contributed by atoms with van der Waals surface area (Å²) < 4.78 is 0. The summed E-state index contributed by atoms with van der Waals surface area (Å²) in [4.78, 5) is 36.0. The fourth-order valence-corrected chi connectivity index (χ4v) is 4.29. The molecule has 5 N–H and O–H groups in total. The van der Waals surface area contributed by atoms with Crippen LogP contribution in [0.5, 0.6) is 0 Å². The molecule has 36 heavy (non-hydrogen) atoms. The van der Waals surface area contributed by atoms with Crippen LogP contribution in [-0.4, -0.2) is 45.5 Å². The molecule has 2 fully saturated rings. The first-order valence-corrected chi connectivity index (χ1v) is 12.2. The average Bonchev–Trinajstić information content (AvgIpc) is 3.62. The number of nitrogen functional groups attached to an aromatic ring is 1. The Hall–Kier alpha value is -4.11. The molecule has 5 rings (SSSR count). The van der Waals surface area contributed by atoms with Gasteiger partial charge in [0.15, 0.2) is 0 Å². The average molecular weight is 484 g/mol. The van der Waals surface area contributed by atoms with E-state index < -0.39 is 5.91 Å². The Bertz CT molecular complexity index is 1300. The number of benzene rings is 1. The van der Waals surface area contributed by atoms with Crippen LogP contribution in [0.25, 0.3) is 11.1 Å². The number of anilines is 3. The predicted molar refractivity (Wildman–Crippen MR) is 140 cm³/mol. The van der Waals surface area contributed by atoms with Gasteiger partial charge < -0.3 is 16.4 Å². The van der Waals surface area contributed by atoms with E-state index in [1.54, 1.807) is 42.9 Å². The van der Waals surface area contributed by atoms with Gasteiger partial charge in [-0.25, -0.2) is 0 Å². The number of nitrogens with two attached hydrogens (primary N) is 1. The molecule has 3 aromatic rings. The summed E-state index contributed by atoms with van der Waals surface area (Å²) in [7, 11) is 0. The molecule has 0 radical (unpaired) electrons. The summed E-state index contributed by atoms with van der Waals surface area (Å²) in [6, 6.07) is 10.7. The first-order valence-electron chi connectivity index (χ1n) is 12.2. The van der Waals surface area contributed by atoms with Gasteiger partial charge in [-0.15, -0.1) is 0 Å². The highest BCUT2D eigenvalue weighted by atomic mass is 16.2. The van der Waals surface area contributed by atoms with E-state index in [0.717, 1.165) is 49.3 Å². The van der Waals surface area contributed by atoms with Gasteiger partial charge >= 0.3 is 0 Å². The van der Waals surface area contributed by atoms with Gasteiger partial charge in [-0.2, -0.15) is 0 Å². The van der Waals surface area contributed by atoms with E-state index in [1.807, 2.05) is 12.1 Å². The van der Waals surface area contributed by atoms with Crippen molar-refractivity contribution in [1.82, 2.24) is 14.9 Å². The first-order chi connectivity index (χ1) is 17.5. The van der Waals surface area contributed by atoms with Crippen LogP contribution in [0.2, 0.25) is 0 Å². The Labute approximate surface area is 209 Å². The number of hydrogen-bond acceptors (Lipinski definition) is 7.